The van der Waals surface area contributed by atoms with Gasteiger partial charge in [0.1, 0.15) is 0 Å². The van der Waals surface area contributed by atoms with E-state index in [4.69, 9.17) is 5.11 Å². The molecule has 21 heavy (non-hydrogen) atoms. The van der Waals surface area contributed by atoms with Gasteiger partial charge in [0.25, 0.3) is 0 Å². The van der Waals surface area contributed by atoms with Gasteiger partial charge in [-0.2, -0.15) is 0 Å². The number of carboxylic acids is 1. The van der Waals surface area contributed by atoms with Gasteiger partial charge in [0.2, 0.25) is 0 Å². The van der Waals surface area contributed by atoms with Gasteiger partial charge in [-0.05, 0) is 33.9 Å². The van der Waals surface area contributed by atoms with Crippen LogP contribution in [-0.2, 0) is 4.79 Å². The Morgan fingerprint density at radius 3 is 2.71 bits per heavy atom. The highest BCUT2D eigenvalue weighted by molar-refractivity contribution is 5.74. The van der Waals surface area contributed by atoms with Crippen molar-refractivity contribution in [3.05, 3.63) is 0 Å². The Morgan fingerprint density at radius 2 is 2.05 bits per heavy atom. The van der Waals surface area contributed by atoms with Crippen LogP contribution in [0.3, 0.4) is 0 Å². The number of carboxylic acid groups (broad SMARTS) is 1. The molecule has 2 amide bonds. The maximum Gasteiger partial charge on any atom is 0.315 e. The molecule has 1 aliphatic rings. The maximum absolute atomic E-state index is 11.8. The number of piperazine rings is 1. The lowest BCUT2D eigenvalue weighted by Gasteiger charge is -2.37. The van der Waals surface area contributed by atoms with Crippen LogP contribution in [0.1, 0.15) is 26.2 Å². The van der Waals surface area contributed by atoms with Crippen molar-refractivity contribution in [2.24, 2.45) is 0 Å². The first kappa shape index (κ1) is 17.7. The Balaban J connectivity index is 2.19. The van der Waals surface area contributed by atoms with Crippen molar-refractivity contribution in [3.8, 4) is 0 Å². The first-order valence-electron chi connectivity index (χ1n) is 7.53. The Morgan fingerprint density at radius 1 is 1.33 bits per heavy atom. The molecule has 7 heteroatoms. The fourth-order valence-electron chi connectivity index (χ4n) is 2.44. The highest BCUT2D eigenvalue weighted by atomic mass is 16.4. The third-order valence-corrected chi connectivity index (χ3v) is 3.88. The fraction of sp³-hybridized carbons (Fsp3) is 0.857. The summed E-state index contributed by atoms with van der Waals surface area (Å²) < 4.78 is 0. The topological polar surface area (TPSA) is 84.9 Å². The molecule has 1 fully saturated rings. The lowest BCUT2D eigenvalue weighted by molar-refractivity contribution is -0.137. The molecular formula is C14H28N4O3. The van der Waals surface area contributed by atoms with Crippen LogP contribution in [-0.4, -0.2) is 79.3 Å². The standard InChI is InChI=1S/C14H28N4O3/c1-11(5-4-6-13(19)20)16-14(21)15-9-12-10-17(2)7-8-18(12)3/h11-12H,4-10H2,1-3H3,(H,19,20)(H2,15,16,21). The Kier molecular flexibility index (Phi) is 7.45. The molecule has 0 aromatic heterocycles. The number of hydrogen-bond donors (Lipinski definition) is 3. The number of rotatable bonds is 7. The number of urea groups is 1. The number of nitrogens with zero attached hydrogens (tertiary/aromatic N) is 2. The zero-order valence-electron chi connectivity index (χ0n) is 13.3. The molecule has 0 aliphatic carbocycles. The first-order chi connectivity index (χ1) is 9.88. The third kappa shape index (κ3) is 7.29. The van der Waals surface area contributed by atoms with Gasteiger partial charge >= 0.3 is 12.0 Å². The summed E-state index contributed by atoms with van der Waals surface area (Å²) >= 11 is 0. The molecule has 0 aromatic carbocycles. The van der Waals surface area contributed by atoms with E-state index in [1.807, 2.05) is 6.92 Å². The molecule has 0 radical (unpaired) electrons. The normalized spacial score (nSPS) is 21.8. The lowest BCUT2D eigenvalue weighted by Crippen LogP contribution is -2.55. The van der Waals surface area contributed by atoms with E-state index in [2.05, 4.69) is 34.5 Å². The monoisotopic (exact) mass is 300 g/mol. The molecule has 1 heterocycles. The van der Waals surface area contributed by atoms with E-state index in [0.29, 0.717) is 25.4 Å². The highest BCUT2D eigenvalue weighted by Crippen LogP contribution is 2.05. The summed E-state index contributed by atoms with van der Waals surface area (Å²) in [5.41, 5.74) is 0. The number of nitrogens with one attached hydrogen (secondary N) is 2. The molecule has 1 aliphatic heterocycles. The SMILES string of the molecule is CC(CCCC(=O)O)NC(=O)NCC1CN(C)CCN1C. The molecule has 1 rings (SSSR count). The Labute approximate surface area is 126 Å². The summed E-state index contributed by atoms with van der Waals surface area (Å²) in [6.07, 6.45) is 1.39. The van der Waals surface area contributed by atoms with Crippen molar-refractivity contribution >= 4 is 12.0 Å². The zero-order valence-corrected chi connectivity index (χ0v) is 13.3. The molecule has 0 spiro atoms. The first-order valence-corrected chi connectivity index (χ1v) is 7.53. The van der Waals surface area contributed by atoms with Gasteiger partial charge in [-0.15, -0.1) is 0 Å². The van der Waals surface area contributed by atoms with E-state index in [0.717, 1.165) is 19.6 Å². The number of amides is 2. The van der Waals surface area contributed by atoms with Crippen LogP contribution in [0.25, 0.3) is 0 Å². The van der Waals surface area contributed by atoms with Crippen molar-refractivity contribution in [3.63, 3.8) is 0 Å². The van der Waals surface area contributed by atoms with Crippen molar-refractivity contribution in [1.82, 2.24) is 20.4 Å². The van der Waals surface area contributed by atoms with Crippen LogP contribution in [0.4, 0.5) is 4.79 Å². The van der Waals surface area contributed by atoms with Gasteiger partial charge in [-0.3, -0.25) is 9.69 Å². The van der Waals surface area contributed by atoms with Gasteiger partial charge in [0, 0.05) is 44.7 Å². The fourth-order valence-corrected chi connectivity index (χ4v) is 2.44. The van der Waals surface area contributed by atoms with E-state index in [1.165, 1.54) is 0 Å². The lowest BCUT2D eigenvalue weighted by atomic mass is 10.1. The van der Waals surface area contributed by atoms with Crippen molar-refractivity contribution in [2.75, 3.05) is 40.3 Å². The quantitative estimate of drug-likeness (QED) is 0.624. The average Bonchev–Trinajstić information content (AvgIpc) is 2.39. The van der Waals surface area contributed by atoms with Crippen LogP contribution in [0.5, 0.6) is 0 Å². The number of carbonyl (C=O) groups is 2. The molecule has 2 atom stereocenters. The summed E-state index contributed by atoms with van der Waals surface area (Å²) in [4.78, 5) is 26.8. The largest absolute Gasteiger partial charge is 0.481 e. The van der Waals surface area contributed by atoms with Crippen LogP contribution < -0.4 is 10.6 Å². The average molecular weight is 300 g/mol. The molecule has 0 aromatic rings. The van der Waals surface area contributed by atoms with E-state index in [1.54, 1.807) is 0 Å². The van der Waals surface area contributed by atoms with Gasteiger partial charge in [-0.1, -0.05) is 0 Å². The van der Waals surface area contributed by atoms with Gasteiger partial charge in [0.05, 0.1) is 0 Å². The second-order valence-corrected chi connectivity index (χ2v) is 5.94. The summed E-state index contributed by atoms with van der Waals surface area (Å²) in [6, 6.07) is 0.132. The van der Waals surface area contributed by atoms with E-state index >= 15 is 0 Å². The van der Waals surface area contributed by atoms with Crippen molar-refractivity contribution < 1.29 is 14.7 Å². The molecule has 122 valence electrons. The molecule has 7 nitrogen and oxygen atoms in total. The molecule has 0 saturated carbocycles. The van der Waals surface area contributed by atoms with Crippen LogP contribution >= 0.6 is 0 Å². The maximum atomic E-state index is 11.8. The predicted molar refractivity (Wildman–Crippen MR) is 81.4 cm³/mol. The highest BCUT2D eigenvalue weighted by Gasteiger charge is 2.22. The zero-order chi connectivity index (χ0) is 15.8. The number of likely N-dealkylation sites (N-methyl/N-ethyl adjacent to an activating group) is 2. The van der Waals surface area contributed by atoms with Gasteiger partial charge in [0.15, 0.2) is 0 Å². The Bertz CT molecular complexity index is 351. The second kappa shape index (κ2) is 8.84. The van der Waals surface area contributed by atoms with Gasteiger partial charge in [-0.25, -0.2) is 4.79 Å². The van der Waals surface area contributed by atoms with Crippen LogP contribution in [0.15, 0.2) is 0 Å². The number of hydrogen-bond acceptors (Lipinski definition) is 4. The van der Waals surface area contributed by atoms with Crippen molar-refractivity contribution in [1.29, 1.82) is 0 Å². The van der Waals surface area contributed by atoms with Crippen LogP contribution in [0.2, 0.25) is 0 Å². The summed E-state index contributed by atoms with van der Waals surface area (Å²) in [6.45, 7) is 5.53. The minimum atomic E-state index is -0.795. The summed E-state index contributed by atoms with van der Waals surface area (Å²) in [5, 5.41) is 14.3. The van der Waals surface area contributed by atoms with E-state index in [9.17, 15) is 9.59 Å². The minimum absolute atomic E-state index is 0.0175. The number of carbonyl (C=O) groups excluding carboxylic acids is 1. The molecule has 3 N–H and O–H groups in total. The molecule has 0 bridgehead atoms. The second-order valence-electron chi connectivity index (χ2n) is 5.94. The van der Waals surface area contributed by atoms with E-state index in [-0.39, 0.29) is 18.5 Å². The summed E-state index contributed by atoms with van der Waals surface area (Å²) in [5.74, 6) is -0.795. The minimum Gasteiger partial charge on any atom is -0.481 e. The third-order valence-electron chi connectivity index (χ3n) is 3.88. The molecule has 1 saturated heterocycles. The number of aliphatic carboxylic acids is 1. The molecular weight excluding hydrogens is 272 g/mol. The molecule has 2 unspecified atom stereocenters. The Hall–Kier alpha value is -1.34. The van der Waals surface area contributed by atoms with Crippen molar-refractivity contribution in [2.45, 2.75) is 38.3 Å². The van der Waals surface area contributed by atoms with E-state index < -0.39 is 5.97 Å². The van der Waals surface area contributed by atoms with Gasteiger partial charge < -0.3 is 20.6 Å². The summed E-state index contributed by atoms with van der Waals surface area (Å²) in [7, 11) is 4.16. The predicted octanol–water partition coefficient (Wildman–Crippen LogP) is 0.175. The van der Waals surface area contributed by atoms with Crippen LogP contribution in [0, 0.1) is 0 Å². The smallest absolute Gasteiger partial charge is 0.315 e.